The highest BCUT2D eigenvalue weighted by molar-refractivity contribution is 6.10. The number of anilines is 1. The molecule has 0 unspecified atom stereocenters. The first-order chi connectivity index (χ1) is 11.7. The molecule has 0 atom stereocenters. The minimum absolute atomic E-state index is 0.378. The number of benzene rings is 1. The van der Waals surface area contributed by atoms with E-state index in [4.69, 9.17) is 15.2 Å². The number of aromatic nitrogens is 5. The van der Waals surface area contributed by atoms with Crippen LogP contribution in [0.1, 0.15) is 0 Å². The Morgan fingerprint density at radius 1 is 1.00 bits per heavy atom. The van der Waals surface area contributed by atoms with E-state index in [1.54, 1.807) is 20.4 Å². The van der Waals surface area contributed by atoms with E-state index < -0.39 is 0 Å². The number of methoxy groups -OCH3 is 2. The van der Waals surface area contributed by atoms with Crippen LogP contribution < -0.4 is 15.2 Å². The quantitative estimate of drug-likeness (QED) is 0.556. The number of nitrogens with one attached hydrogen (secondary N) is 1. The monoisotopic (exact) mass is 322 g/mol. The molecular weight excluding hydrogens is 308 g/mol. The van der Waals surface area contributed by atoms with Crippen molar-refractivity contribution in [1.82, 2.24) is 25.1 Å². The maximum atomic E-state index is 6.11. The van der Waals surface area contributed by atoms with Gasteiger partial charge in [0, 0.05) is 23.0 Å². The Labute approximate surface area is 136 Å². The Morgan fingerprint density at radius 3 is 2.50 bits per heavy atom. The fourth-order valence-corrected chi connectivity index (χ4v) is 2.71. The summed E-state index contributed by atoms with van der Waals surface area (Å²) >= 11 is 0. The Balaban J connectivity index is 2.08. The zero-order valence-corrected chi connectivity index (χ0v) is 13.1. The van der Waals surface area contributed by atoms with Crippen LogP contribution in [0.2, 0.25) is 0 Å². The number of ether oxygens (including phenoxy) is 2. The summed E-state index contributed by atoms with van der Waals surface area (Å²) in [5, 5.41) is 10.3. The molecule has 0 amide bonds. The molecule has 0 radical (unpaired) electrons. The maximum absolute atomic E-state index is 6.11. The molecular formula is C16H14N6O2. The normalized spacial score (nSPS) is 11.1. The van der Waals surface area contributed by atoms with Crippen molar-refractivity contribution in [2.45, 2.75) is 0 Å². The van der Waals surface area contributed by atoms with Crippen molar-refractivity contribution in [3.05, 3.63) is 30.7 Å². The van der Waals surface area contributed by atoms with E-state index in [1.165, 1.54) is 6.33 Å². The number of hydrogen-bond acceptors (Lipinski definition) is 7. The highest BCUT2D eigenvalue weighted by atomic mass is 16.5. The van der Waals surface area contributed by atoms with Crippen LogP contribution >= 0.6 is 0 Å². The van der Waals surface area contributed by atoms with E-state index in [-0.39, 0.29) is 0 Å². The number of hydrogen-bond donors (Lipinski definition) is 2. The molecule has 0 aliphatic rings. The van der Waals surface area contributed by atoms with E-state index in [2.05, 4.69) is 25.1 Å². The number of nitrogens with zero attached hydrogens (tertiary/aromatic N) is 4. The lowest BCUT2D eigenvalue weighted by Crippen LogP contribution is -1.97. The summed E-state index contributed by atoms with van der Waals surface area (Å²) < 4.78 is 10.7. The van der Waals surface area contributed by atoms with Crippen molar-refractivity contribution in [2.75, 3.05) is 20.0 Å². The van der Waals surface area contributed by atoms with Gasteiger partial charge in [0.05, 0.1) is 19.7 Å². The molecule has 8 nitrogen and oxygen atoms in total. The lowest BCUT2D eigenvalue weighted by atomic mass is 10.1. The molecule has 4 rings (SSSR count). The van der Waals surface area contributed by atoms with E-state index >= 15 is 0 Å². The van der Waals surface area contributed by atoms with Crippen LogP contribution in [0.25, 0.3) is 33.2 Å². The van der Waals surface area contributed by atoms with Crippen molar-refractivity contribution in [3.63, 3.8) is 0 Å². The summed E-state index contributed by atoms with van der Waals surface area (Å²) in [5.74, 6) is 2.17. The van der Waals surface area contributed by atoms with Crippen LogP contribution in [0.5, 0.6) is 11.5 Å². The van der Waals surface area contributed by atoms with Crippen molar-refractivity contribution >= 4 is 27.5 Å². The molecule has 4 aromatic rings. The van der Waals surface area contributed by atoms with Crippen LogP contribution in [0.4, 0.5) is 5.82 Å². The number of pyridine rings is 2. The molecule has 0 saturated heterocycles. The molecule has 0 aliphatic heterocycles. The summed E-state index contributed by atoms with van der Waals surface area (Å²) in [6, 6.07) is 5.62. The van der Waals surface area contributed by atoms with Gasteiger partial charge in [-0.25, -0.2) is 4.98 Å². The van der Waals surface area contributed by atoms with E-state index in [0.29, 0.717) is 28.8 Å². The zero-order chi connectivity index (χ0) is 16.7. The Bertz CT molecular complexity index is 1050. The molecule has 1 aromatic carbocycles. The minimum atomic E-state index is 0.378. The smallest absolute Gasteiger partial charge is 0.179 e. The number of rotatable bonds is 3. The van der Waals surface area contributed by atoms with Gasteiger partial charge in [0.15, 0.2) is 17.3 Å². The number of nitrogen functional groups attached to an aromatic ring is 1. The number of aromatic amines is 1. The standard InChI is InChI=1S/C16H14N6O2/c1-23-13-4-9-8-3-12(16-19-7-20-22-16)21-15(17)10(8)6-18-11(9)5-14(13)24-2/h3-7H,1-2H3,(H2,17,21)(H,19,20,22). The summed E-state index contributed by atoms with van der Waals surface area (Å²) in [6.45, 7) is 0. The molecule has 3 N–H and O–H groups in total. The third-order valence-electron chi connectivity index (χ3n) is 3.87. The number of fused-ring (bicyclic) bond motifs is 3. The molecule has 24 heavy (non-hydrogen) atoms. The van der Waals surface area contributed by atoms with Gasteiger partial charge < -0.3 is 20.2 Å². The first-order valence-corrected chi connectivity index (χ1v) is 7.18. The maximum Gasteiger partial charge on any atom is 0.179 e. The average Bonchev–Trinajstić information content (AvgIpc) is 3.14. The second kappa shape index (κ2) is 5.34. The van der Waals surface area contributed by atoms with Crippen molar-refractivity contribution in [1.29, 1.82) is 0 Å². The topological polar surface area (TPSA) is 112 Å². The SMILES string of the molecule is COc1cc2ncc3c(N)nc(-c4nnc[nH]4)cc3c2cc1OC. The minimum Gasteiger partial charge on any atom is -0.493 e. The van der Waals surface area contributed by atoms with Crippen LogP contribution in [0.15, 0.2) is 30.7 Å². The first kappa shape index (κ1) is 14.2. The van der Waals surface area contributed by atoms with Crippen LogP contribution in [0, 0.1) is 0 Å². The van der Waals surface area contributed by atoms with Crippen LogP contribution in [0.3, 0.4) is 0 Å². The van der Waals surface area contributed by atoms with Crippen molar-refractivity contribution in [3.8, 4) is 23.0 Å². The molecule has 3 heterocycles. The van der Waals surface area contributed by atoms with E-state index in [9.17, 15) is 0 Å². The lowest BCUT2D eigenvalue weighted by molar-refractivity contribution is 0.356. The molecule has 0 fully saturated rings. The Morgan fingerprint density at radius 2 is 1.79 bits per heavy atom. The predicted octanol–water partition coefficient (Wildman–Crippen LogP) is 2.17. The number of nitrogens with two attached hydrogens (primary N) is 1. The predicted molar refractivity (Wildman–Crippen MR) is 89.9 cm³/mol. The van der Waals surface area contributed by atoms with Gasteiger partial charge in [-0.1, -0.05) is 0 Å². The van der Waals surface area contributed by atoms with Gasteiger partial charge in [0.25, 0.3) is 0 Å². The Kier molecular flexibility index (Phi) is 3.16. The molecule has 0 bridgehead atoms. The molecule has 0 saturated carbocycles. The lowest BCUT2D eigenvalue weighted by Gasteiger charge is -2.11. The van der Waals surface area contributed by atoms with Gasteiger partial charge >= 0.3 is 0 Å². The van der Waals surface area contributed by atoms with Crippen LogP contribution in [-0.2, 0) is 0 Å². The van der Waals surface area contributed by atoms with E-state index in [1.807, 2.05) is 18.2 Å². The van der Waals surface area contributed by atoms with Crippen LogP contribution in [-0.4, -0.2) is 39.4 Å². The molecule has 3 aromatic heterocycles. The summed E-state index contributed by atoms with van der Waals surface area (Å²) in [4.78, 5) is 11.8. The largest absolute Gasteiger partial charge is 0.493 e. The summed E-state index contributed by atoms with van der Waals surface area (Å²) in [5.41, 5.74) is 7.50. The van der Waals surface area contributed by atoms with E-state index in [0.717, 1.165) is 21.7 Å². The van der Waals surface area contributed by atoms with Gasteiger partial charge in [-0.3, -0.25) is 4.98 Å². The second-order valence-electron chi connectivity index (χ2n) is 5.17. The summed E-state index contributed by atoms with van der Waals surface area (Å²) in [6.07, 6.45) is 3.20. The van der Waals surface area contributed by atoms with Crippen molar-refractivity contribution < 1.29 is 9.47 Å². The third kappa shape index (κ3) is 2.08. The van der Waals surface area contributed by atoms with Gasteiger partial charge in [0.2, 0.25) is 0 Å². The number of H-pyrrole nitrogens is 1. The highest BCUT2D eigenvalue weighted by Gasteiger charge is 2.14. The third-order valence-corrected chi connectivity index (χ3v) is 3.87. The first-order valence-electron chi connectivity index (χ1n) is 7.18. The van der Waals surface area contributed by atoms with Crippen molar-refractivity contribution in [2.24, 2.45) is 0 Å². The summed E-state index contributed by atoms with van der Waals surface area (Å²) in [7, 11) is 3.19. The second-order valence-corrected chi connectivity index (χ2v) is 5.17. The van der Waals surface area contributed by atoms with Gasteiger partial charge in [-0.2, -0.15) is 0 Å². The molecule has 0 spiro atoms. The fraction of sp³-hybridized carbons (Fsp3) is 0.125. The zero-order valence-electron chi connectivity index (χ0n) is 13.1. The fourth-order valence-electron chi connectivity index (χ4n) is 2.71. The Hall–Kier alpha value is -3.42. The van der Waals surface area contributed by atoms with Gasteiger partial charge in [0.1, 0.15) is 17.8 Å². The highest BCUT2D eigenvalue weighted by Crippen LogP contribution is 2.36. The van der Waals surface area contributed by atoms with Gasteiger partial charge in [-0.15, -0.1) is 10.2 Å². The average molecular weight is 322 g/mol. The van der Waals surface area contributed by atoms with Gasteiger partial charge in [-0.05, 0) is 17.5 Å². The molecule has 0 aliphatic carbocycles. The molecule has 8 heteroatoms. The molecule has 120 valence electrons.